The number of rotatable bonds is 3. The summed E-state index contributed by atoms with van der Waals surface area (Å²) in [6.07, 6.45) is 0. The fourth-order valence-corrected chi connectivity index (χ4v) is 3.95. The van der Waals surface area contributed by atoms with Crippen molar-refractivity contribution in [3.8, 4) is 0 Å². The van der Waals surface area contributed by atoms with Crippen LogP contribution in [0.1, 0.15) is 30.2 Å². The summed E-state index contributed by atoms with van der Waals surface area (Å²) in [7, 11) is 3.04. The van der Waals surface area contributed by atoms with E-state index in [1.54, 1.807) is 20.9 Å². The normalized spacial score (nSPS) is 16.4. The molecule has 0 saturated carbocycles. The van der Waals surface area contributed by atoms with Gasteiger partial charge in [0.05, 0.1) is 23.7 Å². The molecule has 0 amide bonds. The molecule has 2 aromatic rings. The molecule has 2 aromatic heterocycles. The number of allylic oxidation sites excluding steroid dienone is 1. The maximum absolute atomic E-state index is 12.9. The number of carbonyl (C=O) groups excluding carboxylic acids is 1. The van der Waals surface area contributed by atoms with E-state index in [-0.39, 0.29) is 6.61 Å². The van der Waals surface area contributed by atoms with Gasteiger partial charge in [0.25, 0.3) is 5.56 Å². The Morgan fingerprint density at radius 2 is 2.04 bits per heavy atom. The minimum atomic E-state index is -0.569. The zero-order chi connectivity index (χ0) is 18.3. The maximum Gasteiger partial charge on any atom is 0.336 e. The van der Waals surface area contributed by atoms with E-state index in [1.807, 2.05) is 17.5 Å². The minimum absolute atomic E-state index is 0.241. The number of nitrogens with zero attached hydrogens (tertiary/aromatic N) is 2. The van der Waals surface area contributed by atoms with Gasteiger partial charge >= 0.3 is 11.7 Å². The average molecular weight is 361 g/mol. The van der Waals surface area contributed by atoms with E-state index < -0.39 is 23.1 Å². The van der Waals surface area contributed by atoms with Crippen LogP contribution in [0.2, 0.25) is 0 Å². The molecule has 3 heterocycles. The van der Waals surface area contributed by atoms with Crippen LogP contribution in [-0.2, 0) is 23.6 Å². The largest absolute Gasteiger partial charge is 0.463 e. The fourth-order valence-electron chi connectivity index (χ4n) is 3.11. The van der Waals surface area contributed by atoms with Gasteiger partial charge in [-0.05, 0) is 25.3 Å². The zero-order valence-electron chi connectivity index (χ0n) is 14.5. The lowest BCUT2D eigenvalue weighted by atomic mass is 9.86. The van der Waals surface area contributed by atoms with Crippen molar-refractivity contribution in [2.45, 2.75) is 19.8 Å². The fraction of sp³-hybridized carbons (Fsp3) is 0.353. The number of ether oxygens (including phenoxy) is 1. The Bertz CT molecular complexity index is 983. The van der Waals surface area contributed by atoms with Crippen molar-refractivity contribution < 1.29 is 9.53 Å². The van der Waals surface area contributed by atoms with Crippen LogP contribution in [-0.4, -0.2) is 21.7 Å². The van der Waals surface area contributed by atoms with E-state index in [0.717, 1.165) is 9.44 Å². The number of esters is 1. The number of anilines is 1. The third kappa shape index (κ3) is 2.62. The van der Waals surface area contributed by atoms with Crippen molar-refractivity contribution in [1.29, 1.82) is 0 Å². The predicted octanol–water partition coefficient (Wildman–Crippen LogP) is 1.54. The SMILES string of the molecule is CCOC(=O)C1=C(C)Nc2c(c(=O)n(C)c(=O)n2C)[C@H]1c1cccs1. The van der Waals surface area contributed by atoms with Crippen LogP contribution < -0.4 is 16.6 Å². The molecule has 0 unspecified atom stereocenters. The third-order valence-electron chi connectivity index (χ3n) is 4.31. The van der Waals surface area contributed by atoms with Gasteiger partial charge in [-0.15, -0.1) is 11.3 Å². The lowest BCUT2D eigenvalue weighted by Crippen LogP contribution is -2.43. The first-order valence-electron chi connectivity index (χ1n) is 7.86. The Hall–Kier alpha value is -2.61. The van der Waals surface area contributed by atoms with Gasteiger partial charge in [0.1, 0.15) is 5.82 Å². The molecule has 1 aliphatic rings. The van der Waals surface area contributed by atoms with Crippen molar-refractivity contribution >= 4 is 23.1 Å². The summed E-state index contributed by atoms with van der Waals surface area (Å²) in [5, 5.41) is 4.94. The summed E-state index contributed by atoms with van der Waals surface area (Å²) in [5.41, 5.74) is 0.507. The Labute approximate surface area is 148 Å². The second-order valence-electron chi connectivity index (χ2n) is 5.80. The van der Waals surface area contributed by atoms with Gasteiger partial charge in [0.15, 0.2) is 0 Å². The number of carbonyl (C=O) groups is 1. The number of hydrogen-bond donors (Lipinski definition) is 1. The lowest BCUT2D eigenvalue weighted by molar-refractivity contribution is -0.138. The van der Waals surface area contributed by atoms with E-state index >= 15 is 0 Å². The van der Waals surface area contributed by atoms with Gasteiger partial charge in [0.2, 0.25) is 0 Å². The van der Waals surface area contributed by atoms with Crippen LogP contribution in [0.5, 0.6) is 0 Å². The number of nitrogens with one attached hydrogen (secondary N) is 1. The highest BCUT2D eigenvalue weighted by molar-refractivity contribution is 7.10. The average Bonchev–Trinajstić information content (AvgIpc) is 3.11. The van der Waals surface area contributed by atoms with Gasteiger partial charge in [-0.25, -0.2) is 9.59 Å². The topological polar surface area (TPSA) is 82.3 Å². The van der Waals surface area contributed by atoms with Crippen molar-refractivity contribution in [2.24, 2.45) is 14.1 Å². The van der Waals surface area contributed by atoms with Crippen molar-refractivity contribution in [3.05, 3.63) is 60.1 Å². The molecule has 1 atom stereocenters. The summed E-state index contributed by atoms with van der Waals surface area (Å²) >= 11 is 1.45. The summed E-state index contributed by atoms with van der Waals surface area (Å²) in [6.45, 7) is 3.73. The van der Waals surface area contributed by atoms with Gasteiger partial charge in [-0.2, -0.15) is 0 Å². The molecule has 1 N–H and O–H groups in total. The van der Waals surface area contributed by atoms with Crippen LogP contribution in [0.25, 0.3) is 0 Å². The van der Waals surface area contributed by atoms with Crippen molar-refractivity contribution in [3.63, 3.8) is 0 Å². The second-order valence-corrected chi connectivity index (χ2v) is 6.78. The van der Waals surface area contributed by atoms with E-state index in [9.17, 15) is 14.4 Å². The molecule has 0 aromatic carbocycles. The van der Waals surface area contributed by atoms with Crippen LogP contribution in [0.4, 0.5) is 5.82 Å². The molecule has 0 saturated heterocycles. The summed E-state index contributed by atoms with van der Waals surface area (Å²) < 4.78 is 7.66. The first-order valence-corrected chi connectivity index (χ1v) is 8.74. The number of fused-ring (bicyclic) bond motifs is 1. The predicted molar refractivity (Wildman–Crippen MR) is 96.0 cm³/mol. The Kier molecular flexibility index (Phi) is 4.38. The van der Waals surface area contributed by atoms with Gasteiger partial charge in [-0.1, -0.05) is 6.07 Å². The zero-order valence-corrected chi connectivity index (χ0v) is 15.3. The minimum Gasteiger partial charge on any atom is -0.463 e. The molecule has 8 heteroatoms. The standard InChI is InChI=1S/C17H19N3O4S/c1-5-24-16(22)11-9(2)18-14-13(12(11)10-7-6-8-25-10)15(21)20(4)17(23)19(14)3/h6-8,12,18H,5H2,1-4H3/t12-/m0/s1. The molecule has 25 heavy (non-hydrogen) atoms. The third-order valence-corrected chi connectivity index (χ3v) is 5.25. The number of thiophene rings is 1. The molecular weight excluding hydrogens is 342 g/mol. The van der Waals surface area contributed by atoms with Gasteiger partial charge in [0, 0.05) is 24.7 Å². The molecule has 0 bridgehead atoms. The highest BCUT2D eigenvalue weighted by Gasteiger charge is 2.37. The quantitative estimate of drug-likeness (QED) is 0.839. The molecule has 1 aliphatic heterocycles. The molecule has 7 nitrogen and oxygen atoms in total. The summed E-state index contributed by atoms with van der Waals surface area (Å²) in [6, 6.07) is 3.74. The first kappa shape index (κ1) is 17.2. The van der Waals surface area contributed by atoms with Gasteiger partial charge in [-0.3, -0.25) is 13.9 Å². The summed E-state index contributed by atoms with van der Waals surface area (Å²) in [5.74, 6) is -0.620. The first-order chi connectivity index (χ1) is 11.9. The van der Waals surface area contributed by atoms with Crippen LogP contribution in [0, 0.1) is 0 Å². The van der Waals surface area contributed by atoms with E-state index in [1.165, 1.54) is 23.0 Å². The molecule has 0 spiro atoms. The molecule has 3 rings (SSSR count). The lowest BCUT2D eigenvalue weighted by Gasteiger charge is -2.30. The molecule has 0 fully saturated rings. The Morgan fingerprint density at radius 3 is 2.64 bits per heavy atom. The highest BCUT2D eigenvalue weighted by Crippen LogP contribution is 2.41. The van der Waals surface area contributed by atoms with Crippen molar-refractivity contribution in [2.75, 3.05) is 11.9 Å². The second kappa shape index (κ2) is 6.36. The monoisotopic (exact) mass is 361 g/mol. The molecule has 0 aliphatic carbocycles. The Morgan fingerprint density at radius 1 is 1.32 bits per heavy atom. The number of hydrogen-bond acceptors (Lipinski definition) is 6. The molecule has 0 radical (unpaired) electrons. The van der Waals surface area contributed by atoms with Crippen LogP contribution in [0.3, 0.4) is 0 Å². The summed E-state index contributed by atoms with van der Waals surface area (Å²) in [4.78, 5) is 38.6. The van der Waals surface area contributed by atoms with E-state index in [0.29, 0.717) is 22.7 Å². The Balaban J connectivity index is 2.36. The van der Waals surface area contributed by atoms with Crippen LogP contribution >= 0.6 is 11.3 Å². The number of aromatic nitrogens is 2. The van der Waals surface area contributed by atoms with E-state index in [2.05, 4.69) is 5.32 Å². The maximum atomic E-state index is 12.9. The van der Waals surface area contributed by atoms with Gasteiger partial charge < -0.3 is 10.1 Å². The molecular formula is C17H19N3O4S. The smallest absolute Gasteiger partial charge is 0.336 e. The van der Waals surface area contributed by atoms with Crippen molar-refractivity contribution in [1.82, 2.24) is 9.13 Å². The van der Waals surface area contributed by atoms with E-state index in [4.69, 9.17) is 4.74 Å². The highest BCUT2D eigenvalue weighted by atomic mass is 32.1. The molecule has 132 valence electrons. The van der Waals surface area contributed by atoms with Crippen LogP contribution in [0.15, 0.2) is 38.4 Å².